The van der Waals surface area contributed by atoms with Gasteiger partial charge < -0.3 is 14.2 Å². The van der Waals surface area contributed by atoms with E-state index in [4.69, 9.17) is 25.8 Å². The number of carbonyl (C=O) groups excluding carboxylic acids is 1. The lowest BCUT2D eigenvalue weighted by Crippen LogP contribution is -2.40. The van der Waals surface area contributed by atoms with Crippen LogP contribution in [0.25, 0.3) is 0 Å². The first-order valence-corrected chi connectivity index (χ1v) is 8.51. The summed E-state index contributed by atoms with van der Waals surface area (Å²) in [7, 11) is 0. The lowest BCUT2D eigenvalue weighted by Gasteiger charge is -2.25. The van der Waals surface area contributed by atoms with Crippen LogP contribution in [-0.2, 0) is 16.1 Å². The number of esters is 1. The maximum atomic E-state index is 12.1. The maximum Gasteiger partial charge on any atom is 0.350 e. The molecule has 0 aliphatic rings. The normalized spacial score (nSPS) is 11.3. The number of hydrogen-bond donors (Lipinski definition) is 0. The van der Waals surface area contributed by atoms with E-state index in [1.165, 1.54) is 0 Å². The second-order valence-corrected chi connectivity index (χ2v) is 6.89. The first kappa shape index (κ1) is 19.1. The zero-order chi connectivity index (χ0) is 18.4. The van der Waals surface area contributed by atoms with Gasteiger partial charge in [0.25, 0.3) is 0 Å². The summed E-state index contributed by atoms with van der Waals surface area (Å²) in [5, 5.41) is 0.690. The summed E-state index contributed by atoms with van der Waals surface area (Å²) in [5.74, 6) is 0.787. The van der Waals surface area contributed by atoms with E-state index in [1.807, 2.05) is 36.4 Å². The topological polar surface area (TPSA) is 44.8 Å². The molecule has 134 valence electrons. The molecule has 0 saturated carbocycles. The molecular weight excluding hydrogens is 340 g/mol. The summed E-state index contributed by atoms with van der Waals surface area (Å²) in [6.07, 6.45) is -0.190. The summed E-state index contributed by atoms with van der Waals surface area (Å²) in [5.41, 5.74) is -0.0735. The fourth-order valence-corrected chi connectivity index (χ4v) is 2.19. The minimum Gasteiger partial charge on any atom is -0.489 e. The molecule has 0 bridgehead atoms. The second-order valence-electron chi connectivity index (χ2n) is 6.46. The molecular formula is C20H23ClO4. The third-order valence-electron chi connectivity index (χ3n) is 3.33. The van der Waals surface area contributed by atoms with Crippen molar-refractivity contribution in [1.29, 1.82) is 0 Å². The molecule has 2 aromatic carbocycles. The highest BCUT2D eigenvalue weighted by atomic mass is 35.5. The third-order valence-corrected chi connectivity index (χ3v) is 3.58. The van der Waals surface area contributed by atoms with Crippen molar-refractivity contribution < 1.29 is 19.0 Å². The van der Waals surface area contributed by atoms with Crippen LogP contribution in [-0.4, -0.2) is 17.7 Å². The van der Waals surface area contributed by atoms with Gasteiger partial charge in [0.1, 0.15) is 18.1 Å². The highest BCUT2D eigenvalue weighted by Gasteiger charge is 2.32. The lowest BCUT2D eigenvalue weighted by atomic mass is 10.1. The van der Waals surface area contributed by atoms with Crippen LogP contribution in [0.5, 0.6) is 11.5 Å². The zero-order valence-corrected chi connectivity index (χ0v) is 15.7. The molecule has 5 heteroatoms. The highest BCUT2D eigenvalue weighted by molar-refractivity contribution is 6.30. The Labute approximate surface area is 153 Å². The van der Waals surface area contributed by atoms with E-state index in [0.29, 0.717) is 23.1 Å². The summed E-state index contributed by atoms with van der Waals surface area (Å²) >= 11 is 5.87. The van der Waals surface area contributed by atoms with Crippen molar-refractivity contribution in [2.75, 3.05) is 0 Å². The van der Waals surface area contributed by atoms with Crippen LogP contribution in [0.15, 0.2) is 48.5 Å². The Hall–Kier alpha value is -2.20. The summed E-state index contributed by atoms with van der Waals surface area (Å²) < 4.78 is 16.8. The van der Waals surface area contributed by atoms with E-state index in [9.17, 15) is 4.79 Å². The first-order valence-electron chi connectivity index (χ1n) is 8.13. The predicted octanol–water partition coefficient (Wildman–Crippen LogP) is 5.03. The molecule has 2 rings (SSSR count). The minimum atomic E-state index is -1.08. The largest absolute Gasteiger partial charge is 0.489 e. The fourth-order valence-electron chi connectivity index (χ4n) is 2.07. The molecule has 0 fully saturated rings. The fraction of sp³-hybridized carbons (Fsp3) is 0.350. The van der Waals surface area contributed by atoms with Crippen molar-refractivity contribution in [3.63, 3.8) is 0 Å². The smallest absolute Gasteiger partial charge is 0.350 e. The minimum absolute atomic E-state index is 0.190. The van der Waals surface area contributed by atoms with Crippen molar-refractivity contribution in [1.82, 2.24) is 0 Å². The zero-order valence-electron chi connectivity index (χ0n) is 14.9. The van der Waals surface area contributed by atoms with Crippen LogP contribution in [0.3, 0.4) is 0 Å². The Morgan fingerprint density at radius 3 is 2.36 bits per heavy atom. The molecule has 0 saturated heterocycles. The molecule has 0 aliphatic heterocycles. The summed E-state index contributed by atoms with van der Waals surface area (Å²) in [6.45, 7) is 7.38. The van der Waals surface area contributed by atoms with E-state index >= 15 is 0 Å². The monoisotopic (exact) mass is 362 g/mol. The Kier molecular flexibility index (Phi) is 6.32. The van der Waals surface area contributed by atoms with E-state index in [-0.39, 0.29) is 6.10 Å². The van der Waals surface area contributed by atoms with Crippen molar-refractivity contribution in [2.45, 2.75) is 46.0 Å². The van der Waals surface area contributed by atoms with Gasteiger partial charge in [-0.25, -0.2) is 4.79 Å². The molecule has 0 amide bonds. The lowest BCUT2D eigenvalue weighted by molar-refractivity contribution is -0.163. The third kappa shape index (κ3) is 5.98. The van der Waals surface area contributed by atoms with E-state index in [1.54, 1.807) is 39.8 Å². The molecule has 2 aromatic rings. The molecule has 0 aliphatic carbocycles. The van der Waals surface area contributed by atoms with Crippen LogP contribution in [0.4, 0.5) is 0 Å². The predicted molar refractivity (Wildman–Crippen MR) is 98.2 cm³/mol. The van der Waals surface area contributed by atoms with Crippen LogP contribution >= 0.6 is 11.6 Å². The quantitative estimate of drug-likeness (QED) is 0.648. The number of benzene rings is 2. The first-order chi connectivity index (χ1) is 11.8. The maximum absolute atomic E-state index is 12.1. The van der Waals surface area contributed by atoms with Crippen molar-refractivity contribution in [3.05, 3.63) is 59.1 Å². The van der Waals surface area contributed by atoms with Crippen molar-refractivity contribution in [2.24, 2.45) is 0 Å². The SMILES string of the molecule is CC(C)OC(=O)C(C)(C)Oc1cccc(OCc2ccc(Cl)cc2)c1. The second kappa shape index (κ2) is 8.26. The van der Waals surface area contributed by atoms with E-state index < -0.39 is 11.6 Å². The highest BCUT2D eigenvalue weighted by Crippen LogP contribution is 2.25. The van der Waals surface area contributed by atoms with E-state index in [2.05, 4.69) is 0 Å². The molecule has 0 N–H and O–H groups in total. The van der Waals surface area contributed by atoms with Gasteiger partial charge >= 0.3 is 5.97 Å². The molecule has 0 spiro atoms. The van der Waals surface area contributed by atoms with Crippen molar-refractivity contribution >= 4 is 17.6 Å². The van der Waals surface area contributed by atoms with Gasteiger partial charge in [0.15, 0.2) is 5.60 Å². The average molecular weight is 363 g/mol. The molecule has 0 unspecified atom stereocenters. The Bertz CT molecular complexity index is 708. The molecule has 0 aromatic heterocycles. The number of rotatable bonds is 7. The number of ether oxygens (including phenoxy) is 3. The number of hydrogen-bond acceptors (Lipinski definition) is 4. The van der Waals surface area contributed by atoms with Crippen LogP contribution in [0.1, 0.15) is 33.3 Å². The summed E-state index contributed by atoms with van der Waals surface area (Å²) in [4.78, 5) is 12.1. The number of carbonyl (C=O) groups is 1. The summed E-state index contributed by atoms with van der Waals surface area (Å²) in [6, 6.07) is 14.6. The van der Waals surface area contributed by atoms with Gasteiger partial charge in [0, 0.05) is 11.1 Å². The van der Waals surface area contributed by atoms with E-state index in [0.717, 1.165) is 5.56 Å². The van der Waals surface area contributed by atoms with Gasteiger partial charge in [-0.3, -0.25) is 0 Å². The van der Waals surface area contributed by atoms with Crippen LogP contribution in [0.2, 0.25) is 5.02 Å². The number of halogens is 1. The Balaban J connectivity index is 2.00. The van der Waals surface area contributed by atoms with Gasteiger partial charge in [0.05, 0.1) is 6.10 Å². The molecule has 0 heterocycles. The Morgan fingerprint density at radius 2 is 1.72 bits per heavy atom. The van der Waals surface area contributed by atoms with Crippen LogP contribution < -0.4 is 9.47 Å². The Morgan fingerprint density at radius 1 is 1.08 bits per heavy atom. The standard InChI is InChI=1S/C20H23ClO4/c1-14(2)24-19(22)20(3,4)25-18-7-5-6-17(12-18)23-13-15-8-10-16(21)11-9-15/h5-12,14H,13H2,1-4H3. The molecule has 0 radical (unpaired) electrons. The van der Waals surface area contributed by atoms with Gasteiger partial charge in [-0.1, -0.05) is 29.8 Å². The van der Waals surface area contributed by atoms with Crippen LogP contribution in [0, 0.1) is 0 Å². The van der Waals surface area contributed by atoms with Gasteiger partial charge in [-0.15, -0.1) is 0 Å². The molecule has 25 heavy (non-hydrogen) atoms. The molecule has 4 nitrogen and oxygen atoms in total. The van der Waals surface area contributed by atoms with Gasteiger partial charge in [-0.2, -0.15) is 0 Å². The van der Waals surface area contributed by atoms with Gasteiger partial charge in [0.2, 0.25) is 0 Å². The van der Waals surface area contributed by atoms with Gasteiger partial charge in [-0.05, 0) is 57.5 Å². The van der Waals surface area contributed by atoms with Crippen molar-refractivity contribution in [3.8, 4) is 11.5 Å². The molecule has 0 atom stereocenters. The average Bonchev–Trinajstić information content (AvgIpc) is 2.53.